The predicted octanol–water partition coefficient (Wildman–Crippen LogP) is 3.52. The van der Waals surface area contributed by atoms with Crippen LogP contribution in [0.3, 0.4) is 0 Å². The van der Waals surface area contributed by atoms with Crippen LogP contribution in [-0.2, 0) is 0 Å². The summed E-state index contributed by atoms with van der Waals surface area (Å²) in [6.45, 7) is 12.5. The van der Waals surface area contributed by atoms with E-state index in [0.29, 0.717) is 5.56 Å². The van der Waals surface area contributed by atoms with Crippen LogP contribution < -0.4 is 5.32 Å². The van der Waals surface area contributed by atoms with E-state index >= 15 is 0 Å². The minimum Gasteiger partial charge on any atom is -0.311 e. The van der Waals surface area contributed by atoms with E-state index in [1.807, 2.05) is 19.2 Å². The lowest BCUT2D eigenvalue weighted by Gasteiger charge is -2.43. The molecule has 0 spiro atoms. The molecule has 1 aromatic rings. The first kappa shape index (κ1) is 16.1. The van der Waals surface area contributed by atoms with Gasteiger partial charge in [0.05, 0.1) is 0 Å². The maximum atomic E-state index is 13.8. The molecule has 108 valence electrons. The largest absolute Gasteiger partial charge is 0.311 e. The lowest BCUT2D eigenvalue weighted by atomic mass is 9.86. The van der Waals surface area contributed by atoms with Gasteiger partial charge in [-0.1, -0.05) is 26.0 Å². The number of rotatable bonds is 6. The van der Waals surface area contributed by atoms with Gasteiger partial charge in [0, 0.05) is 11.6 Å². The summed E-state index contributed by atoms with van der Waals surface area (Å²) < 4.78 is 13.8. The molecule has 0 fully saturated rings. The molecule has 0 saturated carbocycles. The Morgan fingerprint density at radius 1 is 1.26 bits per heavy atom. The molecule has 0 radical (unpaired) electrons. The molecule has 3 heteroatoms. The molecule has 0 saturated heterocycles. The normalized spacial score (nSPS) is 13.9. The van der Waals surface area contributed by atoms with Crippen LogP contribution in [0.15, 0.2) is 18.2 Å². The van der Waals surface area contributed by atoms with Crippen molar-refractivity contribution < 1.29 is 4.39 Å². The van der Waals surface area contributed by atoms with Gasteiger partial charge >= 0.3 is 0 Å². The number of hydrogen-bond acceptors (Lipinski definition) is 2. The standard InChI is InChI=1S/C16H27FN2/c1-7-19(8-2)16(4,5)15(18-6)13-10-9-12(3)14(17)11-13/h9-11,15,18H,7-8H2,1-6H3. The molecule has 0 aliphatic rings. The number of nitrogens with one attached hydrogen (secondary N) is 1. The van der Waals surface area contributed by atoms with E-state index in [1.54, 1.807) is 13.0 Å². The zero-order valence-electron chi connectivity index (χ0n) is 13.0. The van der Waals surface area contributed by atoms with Gasteiger partial charge < -0.3 is 5.32 Å². The Morgan fingerprint density at radius 3 is 2.26 bits per heavy atom. The molecule has 0 aliphatic heterocycles. The third kappa shape index (κ3) is 3.34. The summed E-state index contributed by atoms with van der Waals surface area (Å²) in [6.07, 6.45) is 0. The zero-order chi connectivity index (χ0) is 14.6. The van der Waals surface area contributed by atoms with Gasteiger partial charge in [-0.05, 0) is 58.1 Å². The van der Waals surface area contributed by atoms with E-state index in [4.69, 9.17) is 0 Å². The van der Waals surface area contributed by atoms with Crippen LogP contribution in [0.2, 0.25) is 0 Å². The SMILES string of the molecule is CCN(CC)C(C)(C)C(NC)c1ccc(C)c(F)c1. The first-order valence-corrected chi connectivity index (χ1v) is 7.06. The molecule has 0 heterocycles. The average molecular weight is 266 g/mol. The first-order chi connectivity index (χ1) is 8.88. The molecule has 19 heavy (non-hydrogen) atoms. The molecular weight excluding hydrogens is 239 g/mol. The topological polar surface area (TPSA) is 15.3 Å². The molecule has 0 amide bonds. The van der Waals surface area contributed by atoms with Gasteiger partial charge in [0.25, 0.3) is 0 Å². The Labute approximate surface area is 117 Å². The second-order valence-electron chi connectivity index (χ2n) is 5.56. The quantitative estimate of drug-likeness (QED) is 0.847. The molecule has 0 aliphatic carbocycles. The lowest BCUT2D eigenvalue weighted by molar-refractivity contribution is 0.0943. The molecule has 1 N–H and O–H groups in total. The van der Waals surface area contributed by atoms with Crippen molar-refractivity contribution in [2.24, 2.45) is 0 Å². The van der Waals surface area contributed by atoms with Crippen LogP contribution >= 0.6 is 0 Å². The first-order valence-electron chi connectivity index (χ1n) is 7.06. The van der Waals surface area contributed by atoms with Crippen molar-refractivity contribution in [3.63, 3.8) is 0 Å². The van der Waals surface area contributed by atoms with E-state index in [0.717, 1.165) is 18.7 Å². The van der Waals surface area contributed by atoms with Gasteiger partial charge in [-0.3, -0.25) is 4.90 Å². The highest BCUT2D eigenvalue weighted by atomic mass is 19.1. The van der Waals surface area contributed by atoms with Crippen molar-refractivity contribution in [1.29, 1.82) is 0 Å². The Hall–Kier alpha value is -0.930. The highest BCUT2D eigenvalue weighted by Gasteiger charge is 2.34. The molecule has 0 bridgehead atoms. The second-order valence-corrected chi connectivity index (χ2v) is 5.56. The maximum absolute atomic E-state index is 13.8. The molecule has 0 aromatic heterocycles. The van der Waals surface area contributed by atoms with Crippen molar-refractivity contribution in [3.8, 4) is 0 Å². The molecular formula is C16H27FN2. The maximum Gasteiger partial charge on any atom is 0.126 e. The Balaban J connectivity index is 3.14. The van der Waals surface area contributed by atoms with Crippen molar-refractivity contribution in [2.45, 2.75) is 46.2 Å². The fourth-order valence-corrected chi connectivity index (χ4v) is 2.94. The molecule has 1 atom stereocenters. The minimum atomic E-state index is -0.131. The van der Waals surface area contributed by atoms with Crippen molar-refractivity contribution >= 4 is 0 Å². The minimum absolute atomic E-state index is 0.0695. The summed E-state index contributed by atoms with van der Waals surface area (Å²) in [7, 11) is 1.94. The summed E-state index contributed by atoms with van der Waals surface area (Å²) in [5, 5.41) is 3.35. The fourth-order valence-electron chi connectivity index (χ4n) is 2.94. The van der Waals surface area contributed by atoms with Crippen LogP contribution in [0, 0.1) is 12.7 Å². The summed E-state index contributed by atoms with van der Waals surface area (Å²) in [5.41, 5.74) is 1.63. The smallest absolute Gasteiger partial charge is 0.126 e. The summed E-state index contributed by atoms with van der Waals surface area (Å²) in [5.74, 6) is -0.131. The summed E-state index contributed by atoms with van der Waals surface area (Å²) in [6, 6.07) is 5.63. The van der Waals surface area contributed by atoms with Crippen molar-refractivity contribution in [1.82, 2.24) is 10.2 Å². The van der Waals surface area contributed by atoms with Gasteiger partial charge in [-0.2, -0.15) is 0 Å². The van der Waals surface area contributed by atoms with Crippen molar-refractivity contribution in [2.75, 3.05) is 20.1 Å². The highest BCUT2D eigenvalue weighted by molar-refractivity contribution is 5.28. The Bertz CT molecular complexity index is 411. The van der Waals surface area contributed by atoms with Gasteiger partial charge in [-0.15, -0.1) is 0 Å². The van der Waals surface area contributed by atoms with Crippen molar-refractivity contribution in [3.05, 3.63) is 35.1 Å². The van der Waals surface area contributed by atoms with Crippen LogP contribution in [-0.4, -0.2) is 30.6 Å². The van der Waals surface area contributed by atoms with Crippen LogP contribution in [0.5, 0.6) is 0 Å². The lowest BCUT2D eigenvalue weighted by Crippen LogP contribution is -2.51. The zero-order valence-corrected chi connectivity index (χ0v) is 13.0. The van der Waals surface area contributed by atoms with Gasteiger partial charge in [0.2, 0.25) is 0 Å². The van der Waals surface area contributed by atoms with Gasteiger partial charge in [0.15, 0.2) is 0 Å². The molecule has 1 aromatic carbocycles. The van der Waals surface area contributed by atoms with Gasteiger partial charge in [-0.25, -0.2) is 4.39 Å². The Morgan fingerprint density at radius 2 is 1.84 bits per heavy atom. The van der Waals surface area contributed by atoms with E-state index in [-0.39, 0.29) is 17.4 Å². The van der Waals surface area contributed by atoms with Crippen LogP contribution in [0.25, 0.3) is 0 Å². The number of halogens is 1. The summed E-state index contributed by atoms with van der Waals surface area (Å²) >= 11 is 0. The molecule has 1 unspecified atom stereocenters. The van der Waals surface area contributed by atoms with Crippen LogP contribution in [0.4, 0.5) is 4.39 Å². The molecule has 1 rings (SSSR count). The third-order valence-electron chi connectivity index (χ3n) is 4.10. The van der Waals surface area contributed by atoms with E-state index in [2.05, 4.69) is 37.9 Å². The van der Waals surface area contributed by atoms with E-state index in [1.165, 1.54) is 0 Å². The van der Waals surface area contributed by atoms with Crippen LogP contribution in [0.1, 0.15) is 44.9 Å². The average Bonchev–Trinajstić information content (AvgIpc) is 2.35. The van der Waals surface area contributed by atoms with Gasteiger partial charge in [0.1, 0.15) is 5.82 Å². The number of nitrogens with zero attached hydrogens (tertiary/aromatic N) is 1. The number of benzene rings is 1. The summed E-state index contributed by atoms with van der Waals surface area (Å²) in [4.78, 5) is 2.39. The van der Waals surface area contributed by atoms with E-state index in [9.17, 15) is 4.39 Å². The second kappa shape index (κ2) is 6.49. The van der Waals surface area contributed by atoms with E-state index < -0.39 is 0 Å². The predicted molar refractivity (Wildman–Crippen MR) is 79.9 cm³/mol. The third-order valence-corrected chi connectivity index (χ3v) is 4.10. The number of aryl methyl sites for hydroxylation is 1. The number of hydrogen-bond donors (Lipinski definition) is 1. The monoisotopic (exact) mass is 266 g/mol. The number of likely N-dealkylation sites (N-methyl/N-ethyl adjacent to an activating group) is 2. The Kier molecular flexibility index (Phi) is 5.50. The molecule has 2 nitrogen and oxygen atoms in total. The fraction of sp³-hybridized carbons (Fsp3) is 0.625. The highest BCUT2D eigenvalue weighted by Crippen LogP contribution is 2.31.